The second kappa shape index (κ2) is 14.8. The molecule has 10 heteroatoms. The van der Waals surface area contributed by atoms with E-state index in [0.717, 1.165) is 5.56 Å². The molecule has 0 radical (unpaired) electrons. The van der Waals surface area contributed by atoms with Gasteiger partial charge in [-0.1, -0.05) is 36.4 Å². The Balaban J connectivity index is 2.06. The van der Waals surface area contributed by atoms with Gasteiger partial charge in [0, 0.05) is 44.9 Å². The lowest BCUT2D eigenvalue weighted by Crippen LogP contribution is -2.51. The number of carbonyl (C=O) groups is 3. The number of ketones is 1. The topological polar surface area (TPSA) is 167 Å². The molecule has 0 aliphatic carbocycles. The molecule has 2 atom stereocenters. The van der Waals surface area contributed by atoms with E-state index in [-0.39, 0.29) is 37.6 Å². The molecule has 190 valence electrons. The third-order valence-electron chi connectivity index (χ3n) is 5.54. The fourth-order valence-electron chi connectivity index (χ4n) is 3.59. The van der Waals surface area contributed by atoms with E-state index >= 15 is 0 Å². The van der Waals surface area contributed by atoms with Crippen molar-refractivity contribution in [2.75, 3.05) is 33.3 Å². The van der Waals surface area contributed by atoms with Crippen LogP contribution in [-0.2, 0) is 27.2 Å². The minimum atomic E-state index is -1.10. The molecule has 1 heterocycles. The average Bonchev–Trinajstić information content (AvgIpc) is 2.87. The predicted molar refractivity (Wildman–Crippen MR) is 133 cm³/mol. The Morgan fingerprint density at radius 2 is 1.71 bits per heavy atom. The van der Waals surface area contributed by atoms with E-state index in [2.05, 4.69) is 10.3 Å². The number of hydrogen-bond donors (Lipinski definition) is 4. The van der Waals surface area contributed by atoms with Crippen molar-refractivity contribution in [3.05, 3.63) is 59.8 Å². The summed E-state index contributed by atoms with van der Waals surface area (Å²) in [5.74, 6) is -0.588. The first-order chi connectivity index (χ1) is 16.9. The number of ether oxygens (including phenoxy) is 1. The first kappa shape index (κ1) is 27.9. The monoisotopic (exact) mass is 484 g/mol. The fourth-order valence-corrected chi connectivity index (χ4v) is 3.59. The molecule has 0 saturated carbocycles. The second-order valence-electron chi connectivity index (χ2n) is 8.21. The van der Waals surface area contributed by atoms with Gasteiger partial charge in [-0.3, -0.25) is 14.4 Å². The number of benzene rings is 1. The predicted octanol–water partition coefficient (Wildman–Crippen LogP) is -0.217. The molecule has 7 N–H and O–H groups in total. The van der Waals surface area contributed by atoms with Gasteiger partial charge in [-0.05, 0) is 24.0 Å². The lowest BCUT2D eigenvalue weighted by molar-refractivity contribution is -0.134. The summed E-state index contributed by atoms with van der Waals surface area (Å²) in [6.45, 7) is 1.23. The van der Waals surface area contributed by atoms with Crippen LogP contribution in [0.4, 0.5) is 0 Å². The van der Waals surface area contributed by atoms with Crippen LogP contribution in [0, 0.1) is 0 Å². The van der Waals surface area contributed by atoms with Gasteiger partial charge in [0.1, 0.15) is 0 Å². The standard InChI is InChI=1S/C25H36N6O4/c1-35-23-10-8-19(17-29-23)15-22(32)21(9-7-18-5-3-2-4-6-18)30-25(34)20(28)16-24(33)31(13-11-26)14-12-27/h2-6,8,10,17,20-21H,7,9,11-16,26-28H2,1H3,(H,30,34)/t20-,21-/m0/s1. The van der Waals surface area contributed by atoms with E-state index in [4.69, 9.17) is 21.9 Å². The van der Waals surface area contributed by atoms with Crippen molar-refractivity contribution in [2.45, 2.75) is 37.8 Å². The van der Waals surface area contributed by atoms with Crippen LogP contribution in [0.3, 0.4) is 0 Å². The Kier molecular flexibility index (Phi) is 11.8. The molecule has 0 unspecified atom stereocenters. The van der Waals surface area contributed by atoms with Gasteiger partial charge in [0.2, 0.25) is 17.7 Å². The number of pyridine rings is 1. The van der Waals surface area contributed by atoms with Crippen LogP contribution in [0.5, 0.6) is 5.88 Å². The lowest BCUT2D eigenvalue weighted by atomic mass is 9.98. The number of nitrogens with two attached hydrogens (primary N) is 3. The number of amides is 2. The molecule has 0 aliphatic rings. The molecule has 0 aliphatic heterocycles. The number of aryl methyl sites for hydroxylation is 1. The summed E-state index contributed by atoms with van der Waals surface area (Å²) in [5.41, 5.74) is 18.9. The second-order valence-corrected chi connectivity index (χ2v) is 8.21. The van der Waals surface area contributed by atoms with Crippen LogP contribution in [0.2, 0.25) is 0 Å². The number of hydrogen-bond acceptors (Lipinski definition) is 8. The van der Waals surface area contributed by atoms with Crippen molar-refractivity contribution in [1.29, 1.82) is 0 Å². The van der Waals surface area contributed by atoms with E-state index < -0.39 is 18.0 Å². The molecule has 2 rings (SSSR count). The third-order valence-corrected chi connectivity index (χ3v) is 5.54. The summed E-state index contributed by atoms with van der Waals surface area (Å²) in [6, 6.07) is 11.2. The number of rotatable bonds is 15. The van der Waals surface area contributed by atoms with Gasteiger partial charge in [-0.15, -0.1) is 0 Å². The molecular formula is C25H36N6O4. The summed E-state index contributed by atoms with van der Waals surface area (Å²) in [4.78, 5) is 44.1. The summed E-state index contributed by atoms with van der Waals surface area (Å²) >= 11 is 0. The molecule has 35 heavy (non-hydrogen) atoms. The Morgan fingerprint density at radius 3 is 2.29 bits per heavy atom. The lowest BCUT2D eigenvalue weighted by Gasteiger charge is -2.24. The van der Waals surface area contributed by atoms with Crippen molar-refractivity contribution in [2.24, 2.45) is 17.2 Å². The smallest absolute Gasteiger partial charge is 0.238 e. The average molecular weight is 485 g/mol. The molecular weight excluding hydrogens is 448 g/mol. The zero-order valence-corrected chi connectivity index (χ0v) is 20.2. The van der Waals surface area contributed by atoms with Crippen LogP contribution in [0.1, 0.15) is 24.0 Å². The van der Waals surface area contributed by atoms with E-state index in [1.807, 2.05) is 30.3 Å². The Bertz CT molecular complexity index is 933. The molecule has 2 amide bonds. The molecule has 1 aromatic heterocycles. The van der Waals surface area contributed by atoms with Crippen molar-refractivity contribution >= 4 is 17.6 Å². The van der Waals surface area contributed by atoms with Crippen molar-refractivity contribution in [3.63, 3.8) is 0 Å². The van der Waals surface area contributed by atoms with Gasteiger partial charge in [0.25, 0.3) is 0 Å². The molecule has 2 aromatic rings. The number of nitrogens with zero attached hydrogens (tertiary/aromatic N) is 2. The maximum atomic E-state index is 13.1. The van der Waals surface area contributed by atoms with E-state index in [0.29, 0.717) is 37.4 Å². The SMILES string of the molecule is COc1ccc(CC(=O)[C@H](CCc2ccccc2)NC(=O)[C@@H](N)CC(=O)N(CCN)CCN)cn1. The van der Waals surface area contributed by atoms with Gasteiger partial charge in [0.15, 0.2) is 5.78 Å². The summed E-state index contributed by atoms with van der Waals surface area (Å²) in [7, 11) is 1.52. The molecule has 0 spiro atoms. The first-order valence-corrected chi connectivity index (χ1v) is 11.7. The van der Waals surface area contributed by atoms with Crippen LogP contribution >= 0.6 is 0 Å². The number of Topliss-reactive ketones (excluding diaryl/α,β-unsaturated/α-hetero) is 1. The normalized spacial score (nSPS) is 12.5. The van der Waals surface area contributed by atoms with Crippen LogP contribution in [0.15, 0.2) is 48.7 Å². The summed E-state index contributed by atoms with van der Waals surface area (Å²) in [5, 5.41) is 2.76. The van der Waals surface area contributed by atoms with Gasteiger partial charge < -0.3 is 32.2 Å². The molecule has 0 bridgehead atoms. The van der Waals surface area contributed by atoms with Crippen LogP contribution in [0.25, 0.3) is 0 Å². The number of aromatic nitrogens is 1. The third kappa shape index (κ3) is 9.44. The van der Waals surface area contributed by atoms with Crippen LogP contribution in [-0.4, -0.2) is 72.9 Å². The maximum Gasteiger partial charge on any atom is 0.238 e. The molecule has 10 nitrogen and oxygen atoms in total. The number of nitrogens with one attached hydrogen (secondary N) is 1. The van der Waals surface area contributed by atoms with E-state index in [1.54, 1.807) is 18.3 Å². The highest BCUT2D eigenvalue weighted by atomic mass is 16.5. The Labute approximate surface area is 206 Å². The molecule has 1 aromatic carbocycles. The number of carbonyl (C=O) groups excluding carboxylic acids is 3. The van der Waals surface area contributed by atoms with Gasteiger partial charge >= 0.3 is 0 Å². The minimum Gasteiger partial charge on any atom is -0.481 e. The van der Waals surface area contributed by atoms with Crippen molar-refractivity contribution in [3.8, 4) is 5.88 Å². The zero-order chi connectivity index (χ0) is 25.6. The summed E-state index contributed by atoms with van der Waals surface area (Å²) < 4.78 is 5.06. The Morgan fingerprint density at radius 1 is 1.03 bits per heavy atom. The highest BCUT2D eigenvalue weighted by molar-refractivity contribution is 5.93. The van der Waals surface area contributed by atoms with Crippen LogP contribution < -0.4 is 27.3 Å². The van der Waals surface area contributed by atoms with E-state index in [1.165, 1.54) is 12.0 Å². The fraction of sp³-hybridized carbons (Fsp3) is 0.440. The van der Waals surface area contributed by atoms with Crippen molar-refractivity contribution in [1.82, 2.24) is 15.2 Å². The van der Waals surface area contributed by atoms with Gasteiger partial charge in [-0.2, -0.15) is 0 Å². The first-order valence-electron chi connectivity index (χ1n) is 11.7. The van der Waals surface area contributed by atoms with Crippen molar-refractivity contribution < 1.29 is 19.1 Å². The highest BCUT2D eigenvalue weighted by Crippen LogP contribution is 2.12. The van der Waals surface area contributed by atoms with Gasteiger partial charge in [0.05, 0.1) is 25.6 Å². The summed E-state index contributed by atoms with van der Waals surface area (Å²) in [6.07, 6.45) is 2.44. The highest BCUT2D eigenvalue weighted by Gasteiger charge is 2.26. The van der Waals surface area contributed by atoms with Gasteiger partial charge in [-0.25, -0.2) is 4.98 Å². The molecule has 0 fully saturated rings. The number of methoxy groups -OCH3 is 1. The minimum absolute atomic E-state index is 0.0890. The quantitative estimate of drug-likeness (QED) is 0.269. The maximum absolute atomic E-state index is 13.1. The Hall–Kier alpha value is -3.34. The zero-order valence-electron chi connectivity index (χ0n) is 20.2. The molecule has 0 saturated heterocycles. The van der Waals surface area contributed by atoms with E-state index in [9.17, 15) is 14.4 Å². The largest absolute Gasteiger partial charge is 0.481 e.